The Morgan fingerprint density at radius 1 is 1.40 bits per heavy atom. The van der Waals surface area contributed by atoms with E-state index in [4.69, 9.17) is 0 Å². The fraction of sp³-hybridized carbons (Fsp3) is 0.417. The molecule has 0 spiro atoms. The molecule has 0 aliphatic rings. The quantitative estimate of drug-likeness (QED) is 0.784. The van der Waals surface area contributed by atoms with Gasteiger partial charge < -0.3 is 5.32 Å². The Hall–Kier alpha value is -0.860. The van der Waals surface area contributed by atoms with Crippen molar-refractivity contribution in [3.63, 3.8) is 0 Å². The van der Waals surface area contributed by atoms with E-state index >= 15 is 0 Å². The Morgan fingerprint density at radius 2 is 2.07 bits per heavy atom. The second-order valence-corrected chi connectivity index (χ2v) is 3.42. The Labute approximate surface area is 97.5 Å². The monoisotopic (exact) mass is 227 g/mol. The molecule has 84 valence electrons. The molecule has 1 aromatic rings. The van der Waals surface area contributed by atoms with E-state index in [1.807, 2.05) is 24.3 Å². The molecule has 0 saturated heterocycles. The average molecular weight is 228 g/mol. The van der Waals surface area contributed by atoms with Gasteiger partial charge in [-0.1, -0.05) is 31.2 Å². The van der Waals surface area contributed by atoms with Crippen LogP contribution in [0.1, 0.15) is 42.2 Å². The van der Waals surface area contributed by atoms with Gasteiger partial charge in [-0.2, -0.15) is 0 Å². The lowest BCUT2D eigenvalue weighted by Gasteiger charge is -2.15. The minimum atomic E-state index is 0. The summed E-state index contributed by atoms with van der Waals surface area (Å²) in [5.74, 6) is 0. The van der Waals surface area contributed by atoms with Crippen LogP contribution in [0.3, 0.4) is 0 Å². The van der Waals surface area contributed by atoms with Gasteiger partial charge in [-0.05, 0) is 25.5 Å². The van der Waals surface area contributed by atoms with Crippen LogP contribution < -0.4 is 5.32 Å². The summed E-state index contributed by atoms with van der Waals surface area (Å²) in [5.41, 5.74) is 1.86. The van der Waals surface area contributed by atoms with E-state index in [2.05, 4.69) is 19.2 Å². The van der Waals surface area contributed by atoms with Crippen LogP contribution in [-0.2, 0) is 0 Å². The molecule has 0 radical (unpaired) electrons. The smallest absolute Gasteiger partial charge is 0.150 e. The first kappa shape index (κ1) is 14.1. The molecule has 1 aromatic carbocycles. The molecule has 0 bridgehead atoms. The number of halogens is 1. The molecule has 2 nitrogen and oxygen atoms in total. The number of nitrogens with one attached hydrogen (secondary N) is 1. The summed E-state index contributed by atoms with van der Waals surface area (Å²) in [7, 11) is 0. The van der Waals surface area contributed by atoms with Crippen LogP contribution in [-0.4, -0.2) is 12.8 Å². The van der Waals surface area contributed by atoms with Crippen LogP contribution in [0.15, 0.2) is 24.3 Å². The van der Waals surface area contributed by atoms with Crippen LogP contribution in [0.25, 0.3) is 0 Å². The van der Waals surface area contributed by atoms with Gasteiger partial charge in [0.15, 0.2) is 0 Å². The third-order valence-electron chi connectivity index (χ3n) is 2.29. The van der Waals surface area contributed by atoms with Crippen LogP contribution in [0.2, 0.25) is 0 Å². The predicted octanol–water partition coefficient (Wildman–Crippen LogP) is 2.98. The maximum Gasteiger partial charge on any atom is 0.150 e. The van der Waals surface area contributed by atoms with Gasteiger partial charge in [0.2, 0.25) is 0 Å². The van der Waals surface area contributed by atoms with Crippen molar-refractivity contribution >= 4 is 18.7 Å². The lowest BCUT2D eigenvalue weighted by atomic mass is 10.0. The highest BCUT2D eigenvalue weighted by atomic mass is 35.5. The minimum Gasteiger partial charge on any atom is -0.310 e. The molecule has 0 amide bonds. The first-order valence-electron chi connectivity index (χ1n) is 5.07. The summed E-state index contributed by atoms with van der Waals surface area (Å²) in [6.07, 6.45) is 2.02. The van der Waals surface area contributed by atoms with E-state index < -0.39 is 0 Å². The van der Waals surface area contributed by atoms with Gasteiger partial charge in [0, 0.05) is 11.6 Å². The van der Waals surface area contributed by atoms with Gasteiger partial charge >= 0.3 is 0 Å². The zero-order valence-corrected chi connectivity index (χ0v) is 10.0. The Kier molecular flexibility index (Phi) is 7.01. The number of hydrogen-bond donors (Lipinski definition) is 1. The van der Waals surface area contributed by atoms with E-state index in [-0.39, 0.29) is 18.4 Å². The lowest BCUT2D eigenvalue weighted by Crippen LogP contribution is -2.20. The van der Waals surface area contributed by atoms with Crippen molar-refractivity contribution in [1.82, 2.24) is 5.32 Å². The molecule has 1 N–H and O–H groups in total. The van der Waals surface area contributed by atoms with Crippen molar-refractivity contribution < 1.29 is 4.79 Å². The van der Waals surface area contributed by atoms with Gasteiger partial charge in [-0.25, -0.2) is 0 Å². The van der Waals surface area contributed by atoms with Crippen molar-refractivity contribution in [2.45, 2.75) is 26.3 Å². The fourth-order valence-electron chi connectivity index (χ4n) is 1.48. The zero-order chi connectivity index (χ0) is 10.4. The molecule has 0 fully saturated rings. The van der Waals surface area contributed by atoms with Gasteiger partial charge in [0.25, 0.3) is 0 Å². The van der Waals surface area contributed by atoms with Crippen LogP contribution in [0.4, 0.5) is 0 Å². The number of rotatable bonds is 5. The second-order valence-electron chi connectivity index (χ2n) is 3.42. The number of carbonyl (C=O) groups is 1. The number of aldehydes is 1. The summed E-state index contributed by atoms with van der Waals surface area (Å²) in [4.78, 5) is 10.8. The minimum absolute atomic E-state index is 0. The largest absolute Gasteiger partial charge is 0.310 e. The highest BCUT2D eigenvalue weighted by Crippen LogP contribution is 2.15. The molecule has 1 atom stereocenters. The lowest BCUT2D eigenvalue weighted by molar-refractivity contribution is 0.112. The predicted molar refractivity (Wildman–Crippen MR) is 65.8 cm³/mol. The molecule has 0 heterocycles. The van der Waals surface area contributed by atoms with Gasteiger partial charge in [0.05, 0.1) is 0 Å². The number of carbonyl (C=O) groups excluding carboxylic acids is 1. The average Bonchev–Trinajstić information content (AvgIpc) is 2.25. The third kappa shape index (κ3) is 4.02. The van der Waals surface area contributed by atoms with E-state index in [0.717, 1.165) is 30.4 Å². The zero-order valence-electron chi connectivity index (χ0n) is 9.19. The maximum atomic E-state index is 10.8. The van der Waals surface area contributed by atoms with E-state index in [0.29, 0.717) is 0 Å². The first-order chi connectivity index (χ1) is 6.79. The van der Waals surface area contributed by atoms with Crippen molar-refractivity contribution in [1.29, 1.82) is 0 Å². The van der Waals surface area contributed by atoms with Crippen molar-refractivity contribution in [3.05, 3.63) is 35.4 Å². The molecular weight excluding hydrogens is 210 g/mol. The Balaban J connectivity index is 0.00000196. The van der Waals surface area contributed by atoms with E-state index in [1.54, 1.807) is 0 Å². The van der Waals surface area contributed by atoms with Crippen molar-refractivity contribution in [2.75, 3.05) is 6.54 Å². The summed E-state index contributed by atoms with van der Waals surface area (Å²) in [6.45, 7) is 5.19. The third-order valence-corrected chi connectivity index (χ3v) is 2.29. The normalized spacial score (nSPS) is 11.6. The Morgan fingerprint density at radius 3 is 2.67 bits per heavy atom. The van der Waals surface area contributed by atoms with Crippen LogP contribution >= 0.6 is 12.4 Å². The molecular formula is C12H18ClNO. The summed E-state index contributed by atoms with van der Waals surface area (Å²) in [5, 5.41) is 3.36. The topological polar surface area (TPSA) is 29.1 Å². The second kappa shape index (κ2) is 7.43. The number of benzene rings is 1. The Bertz CT molecular complexity index is 301. The number of hydrogen-bond acceptors (Lipinski definition) is 2. The highest BCUT2D eigenvalue weighted by molar-refractivity contribution is 5.85. The van der Waals surface area contributed by atoms with Gasteiger partial charge in [-0.3, -0.25) is 4.79 Å². The van der Waals surface area contributed by atoms with Crippen molar-refractivity contribution in [2.24, 2.45) is 0 Å². The maximum absolute atomic E-state index is 10.8. The summed E-state index contributed by atoms with van der Waals surface area (Å²) in [6, 6.07) is 7.95. The molecule has 0 aromatic heterocycles. The van der Waals surface area contributed by atoms with Crippen molar-refractivity contribution in [3.8, 4) is 0 Å². The van der Waals surface area contributed by atoms with Gasteiger partial charge in [0.1, 0.15) is 6.29 Å². The first-order valence-corrected chi connectivity index (χ1v) is 5.07. The molecule has 15 heavy (non-hydrogen) atoms. The van der Waals surface area contributed by atoms with Gasteiger partial charge in [-0.15, -0.1) is 12.4 Å². The molecule has 0 aliphatic carbocycles. The van der Waals surface area contributed by atoms with Crippen LogP contribution in [0, 0.1) is 0 Å². The fourth-order valence-corrected chi connectivity index (χ4v) is 1.48. The van der Waals surface area contributed by atoms with Crippen LogP contribution in [0.5, 0.6) is 0 Å². The summed E-state index contributed by atoms with van der Waals surface area (Å²) >= 11 is 0. The molecule has 3 heteroatoms. The molecule has 0 aliphatic heterocycles. The highest BCUT2D eigenvalue weighted by Gasteiger charge is 2.07. The molecule has 1 unspecified atom stereocenters. The molecule has 1 rings (SSSR count). The van der Waals surface area contributed by atoms with E-state index in [9.17, 15) is 4.79 Å². The standard InChI is InChI=1S/C12H17NO.ClH/c1-3-8-13-10(2)12-7-5-4-6-11(12)9-14;/h4-7,9-10,13H,3,8H2,1-2H3;1H. The molecule has 0 saturated carbocycles. The SMILES string of the molecule is CCCNC(C)c1ccccc1C=O.Cl. The summed E-state index contributed by atoms with van der Waals surface area (Å²) < 4.78 is 0. The van der Waals surface area contributed by atoms with E-state index in [1.165, 1.54) is 0 Å².